The average Bonchev–Trinajstić information content (AvgIpc) is 1.65. The SMILES string of the molecule is CO[13C](=O)C(Cl)Cl. The molecule has 0 aromatic rings. The number of rotatable bonds is 1. The fourth-order valence-corrected chi connectivity index (χ4v) is 0.267. The summed E-state index contributed by atoms with van der Waals surface area (Å²) < 4.78 is 4.11. The molecule has 0 aliphatic rings. The van der Waals surface area contributed by atoms with E-state index in [0.717, 1.165) is 0 Å². The first-order chi connectivity index (χ1) is 3.18. The number of halogens is 2. The molecule has 0 bridgehead atoms. The standard InChI is InChI=1S/C3H4Cl2O2/c1-7-3(6)2(4)5/h2H,1H3/i3+1. The Morgan fingerprint density at radius 2 is 2.14 bits per heavy atom. The lowest BCUT2D eigenvalue weighted by atomic mass is 11.2. The predicted molar refractivity (Wildman–Crippen MR) is 27.5 cm³/mol. The van der Waals surface area contributed by atoms with E-state index >= 15 is 0 Å². The van der Waals surface area contributed by atoms with Crippen LogP contribution in [0, 0.1) is 0 Å². The molecule has 0 spiro atoms. The van der Waals surface area contributed by atoms with E-state index in [4.69, 9.17) is 23.2 Å². The van der Waals surface area contributed by atoms with Crippen molar-refractivity contribution >= 4 is 29.2 Å². The zero-order chi connectivity index (χ0) is 5.86. The van der Waals surface area contributed by atoms with Crippen LogP contribution in [0.15, 0.2) is 0 Å². The first-order valence-electron chi connectivity index (χ1n) is 1.54. The lowest BCUT2D eigenvalue weighted by molar-refractivity contribution is -0.138. The van der Waals surface area contributed by atoms with Crippen LogP contribution in [0.5, 0.6) is 0 Å². The lowest BCUT2D eigenvalue weighted by Gasteiger charge is -1.93. The van der Waals surface area contributed by atoms with Gasteiger partial charge in [-0.25, -0.2) is 4.79 Å². The van der Waals surface area contributed by atoms with Crippen molar-refractivity contribution < 1.29 is 9.53 Å². The van der Waals surface area contributed by atoms with Crippen LogP contribution in [-0.2, 0) is 9.53 Å². The maximum absolute atomic E-state index is 10.0. The molecule has 0 aliphatic carbocycles. The summed E-state index contributed by atoms with van der Waals surface area (Å²) in [5, 5.41) is 0. The lowest BCUT2D eigenvalue weighted by Crippen LogP contribution is -2.08. The van der Waals surface area contributed by atoms with E-state index in [1.54, 1.807) is 0 Å². The molecule has 0 fully saturated rings. The summed E-state index contributed by atoms with van der Waals surface area (Å²) in [5.41, 5.74) is 0. The summed E-state index contributed by atoms with van der Waals surface area (Å²) in [6.45, 7) is 0. The van der Waals surface area contributed by atoms with Crippen molar-refractivity contribution in [2.75, 3.05) is 7.11 Å². The number of methoxy groups -OCH3 is 1. The molecule has 0 aromatic carbocycles. The molecule has 0 N–H and O–H groups in total. The van der Waals surface area contributed by atoms with E-state index in [9.17, 15) is 4.79 Å². The number of esters is 1. The zero-order valence-electron chi connectivity index (χ0n) is 3.65. The Bertz CT molecular complexity index is 71.3. The van der Waals surface area contributed by atoms with Crippen molar-refractivity contribution in [1.82, 2.24) is 0 Å². The van der Waals surface area contributed by atoms with Crippen molar-refractivity contribution in [2.45, 2.75) is 4.84 Å². The molecule has 0 amide bonds. The van der Waals surface area contributed by atoms with Crippen LogP contribution in [0.25, 0.3) is 0 Å². The summed E-state index contributed by atoms with van der Waals surface area (Å²) in [7, 11) is 1.22. The third-order valence-electron chi connectivity index (χ3n) is 0.379. The Labute approximate surface area is 51.4 Å². The number of carbonyl (C=O) groups is 1. The number of carbonyl (C=O) groups excluding carboxylic acids is 1. The minimum atomic E-state index is -1.05. The van der Waals surface area contributed by atoms with Crippen molar-refractivity contribution in [1.29, 1.82) is 0 Å². The molecule has 2 nitrogen and oxygen atoms in total. The fraction of sp³-hybridized carbons (Fsp3) is 0.667. The van der Waals surface area contributed by atoms with Gasteiger partial charge in [0.2, 0.25) is 4.84 Å². The molecule has 0 radical (unpaired) electrons. The van der Waals surface area contributed by atoms with Crippen LogP contribution >= 0.6 is 23.2 Å². The highest BCUT2D eigenvalue weighted by Crippen LogP contribution is 2.01. The van der Waals surface area contributed by atoms with Gasteiger partial charge in [0.15, 0.2) is 0 Å². The summed E-state index contributed by atoms with van der Waals surface area (Å²) in [4.78, 5) is 8.97. The van der Waals surface area contributed by atoms with Crippen LogP contribution in [0.1, 0.15) is 0 Å². The van der Waals surface area contributed by atoms with E-state index in [1.165, 1.54) is 7.11 Å². The molecular formula is C3H4Cl2O2. The van der Waals surface area contributed by atoms with E-state index in [0.29, 0.717) is 0 Å². The number of hydrogen-bond acceptors (Lipinski definition) is 2. The highest BCUT2D eigenvalue weighted by atomic mass is 35.5. The molecule has 0 heterocycles. The maximum atomic E-state index is 10.0. The molecular weight excluding hydrogens is 140 g/mol. The minimum Gasteiger partial charge on any atom is -0.467 e. The second kappa shape index (κ2) is 3.10. The molecule has 0 unspecified atom stereocenters. The largest absolute Gasteiger partial charge is 0.467 e. The van der Waals surface area contributed by atoms with Crippen molar-refractivity contribution in [3.63, 3.8) is 0 Å². The average molecular weight is 144 g/mol. The van der Waals surface area contributed by atoms with E-state index in [-0.39, 0.29) is 0 Å². The third kappa shape index (κ3) is 2.71. The molecule has 0 aromatic heterocycles. The third-order valence-corrected chi connectivity index (χ3v) is 0.736. The number of ether oxygens (including phenoxy) is 1. The summed E-state index contributed by atoms with van der Waals surface area (Å²) in [6.07, 6.45) is 0. The van der Waals surface area contributed by atoms with Gasteiger partial charge in [-0.15, -0.1) is 0 Å². The van der Waals surface area contributed by atoms with Gasteiger partial charge in [0.1, 0.15) is 0 Å². The van der Waals surface area contributed by atoms with Crippen molar-refractivity contribution in [2.24, 2.45) is 0 Å². The van der Waals surface area contributed by atoms with E-state index < -0.39 is 10.8 Å². The second-order valence-corrected chi connectivity index (χ2v) is 1.92. The Balaban J connectivity index is 3.35. The van der Waals surface area contributed by atoms with Gasteiger partial charge in [0.05, 0.1) is 7.11 Å². The Morgan fingerprint density at radius 1 is 1.71 bits per heavy atom. The Kier molecular flexibility index (Phi) is 3.13. The fourth-order valence-electron chi connectivity index (χ4n) is 0.0891. The Morgan fingerprint density at radius 3 is 2.14 bits per heavy atom. The van der Waals surface area contributed by atoms with Gasteiger partial charge < -0.3 is 4.74 Å². The highest BCUT2D eigenvalue weighted by Gasteiger charge is 2.09. The zero-order valence-corrected chi connectivity index (χ0v) is 5.16. The summed E-state index contributed by atoms with van der Waals surface area (Å²) in [6, 6.07) is 0. The van der Waals surface area contributed by atoms with Gasteiger partial charge in [-0.05, 0) is 0 Å². The maximum Gasteiger partial charge on any atom is 0.339 e. The minimum absolute atomic E-state index is 0.622. The van der Waals surface area contributed by atoms with E-state index in [1.807, 2.05) is 0 Å². The number of alkyl halides is 2. The van der Waals surface area contributed by atoms with Crippen molar-refractivity contribution in [3.8, 4) is 0 Å². The van der Waals surface area contributed by atoms with Crippen LogP contribution < -0.4 is 0 Å². The molecule has 0 rings (SSSR count). The number of hydrogen-bond donors (Lipinski definition) is 0. The smallest absolute Gasteiger partial charge is 0.339 e. The molecule has 0 saturated heterocycles. The predicted octanol–water partition coefficient (Wildman–Crippen LogP) is 0.963. The molecule has 0 atom stereocenters. The van der Waals surface area contributed by atoms with Crippen LogP contribution in [0.2, 0.25) is 0 Å². The van der Waals surface area contributed by atoms with Gasteiger partial charge in [0.25, 0.3) is 0 Å². The molecule has 42 valence electrons. The second-order valence-electron chi connectivity index (χ2n) is 0.824. The first kappa shape index (κ1) is 7.05. The highest BCUT2D eigenvalue weighted by molar-refractivity contribution is 6.52. The molecule has 7 heavy (non-hydrogen) atoms. The molecule has 4 heteroatoms. The van der Waals surface area contributed by atoms with Crippen LogP contribution in [0.4, 0.5) is 0 Å². The monoisotopic (exact) mass is 143 g/mol. The molecule has 0 aliphatic heterocycles. The quantitative estimate of drug-likeness (QED) is 0.311. The summed E-state index contributed by atoms with van der Waals surface area (Å²) in [5.74, 6) is -0.622. The van der Waals surface area contributed by atoms with Gasteiger partial charge in [0, 0.05) is 0 Å². The van der Waals surface area contributed by atoms with Crippen molar-refractivity contribution in [3.05, 3.63) is 0 Å². The summed E-state index contributed by atoms with van der Waals surface area (Å²) >= 11 is 10.0. The normalized spacial score (nSPS) is 9.14. The van der Waals surface area contributed by atoms with Gasteiger partial charge in [-0.3, -0.25) is 0 Å². The van der Waals surface area contributed by atoms with Gasteiger partial charge >= 0.3 is 5.97 Å². The van der Waals surface area contributed by atoms with Crippen LogP contribution in [0.3, 0.4) is 0 Å². The van der Waals surface area contributed by atoms with E-state index in [2.05, 4.69) is 4.74 Å². The molecule has 0 saturated carbocycles. The topological polar surface area (TPSA) is 26.3 Å². The van der Waals surface area contributed by atoms with Crippen LogP contribution in [-0.4, -0.2) is 17.9 Å². The van der Waals surface area contributed by atoms with Gasteiger partial charge in [-0.1, -0.05) is 23.2 Å². The first-order valence-corrected chi connectivity index (χ1v) is 2.41. The Hall–Kier alpha value is 0.0500. The van der Waals surface area contributed by atoms with Gasteiger partial charge in [-0.2, -0.15) is 0 Å².